The van der Waals surface area contributed by atoms with E-state index in [1.165, 1.54) is 12.1 Å². The Morgan fingerprint density at radius 3 is 2.23 bits per heavy atom. The highest BCUT2D eigenvalue weighted by molar-refractivity contribution is 5.77. The maximum atomic E-state index is 12.9. The molecule has 1 aliphatic rings. The van der Waals surface area contributed by atoms with Gasteiger partial charge in [-0.3, -0.25) is 14.9 Å². The van der Waals surface area contributed by atoms with E-state index in [4.69, 9.17) is 4.74 Å². The molecule has 0 bridgehead atoms. The third kappa shape index (κ3) is 6.98. The van der Waals surface area contributed by atoms with Crippen LogP contribution < -0.4 is 5.32 Å². The lowest BCUT2D eigenvalue weighted by Crippen LogP contribution is -2.48. The molecule has 1 heterocycles. The van der Waals surface area contributed by atoms with Crippen LogP contribution in [0.4, 0.5) is 10.5 Å². The summed E-state index contributed by atoms with van der Waals surface area (Å²) < 4.78 is 5.34. The van der Waals surface area contributed by atoms with Crippen molar-refractivity contribution in [2.75, 3.05) is 33.2 Å². The van der Waals surface area contributed by atoms with E-state index in [1.807, 2.05) is 18.9 Å². The Morgan fingerprint density at radius 1 is 1.17 bits per heavy atom. The Balaban J connectivity index is 2.17. The van der Waals surface area contributed by atoms with Gasteiger partial charge in [0, 0.05) is 56.7 Å². The predicted octanol–water partition coefficient (Wildman–Crippen LogP) is 2.76. The van der Waals surface area contributed by atoms with Gasteiger partial charge in [0.1, 0.15) is 5.60 Å². The highest BCUT2D eigenvalue weighted by atomic mass is 16.6. The number of benzene rings is 1. The van der Waals surface area contributed by atoms with Gasteiger partial charge in [-0.1, -0.05) is 12.1 Å². The lowest BCUT2D eigenvalue weighted by atomic mass is 9.88. The number of nitro groups is 1. The first kappa shape index (κ1) is 23.6. The molecule has 1 fully saturated rings. The van der Waals surface area contributed by atoms with Gasteiger partial charge in [-0.25, -0.2) is 4.79 Å². The second kappa shape index (κ2) is 9.88. The second-order valence-corrected chi connectivity index (χ2v) is 8.78. The third-order valence-corrected chi connectivity index (χ3v) is 5.13. The van der Waals surface area contributed by atoms with Crippen LogP contribution in [0, 0.1) is 10.1 Å². The number of piperazine rings is 1. The number of hydrogen-bond donors (Lipinski definition) is 1. The largest absolute Gasteiger partial charge is 0.444 e. The van der Waals surface area contributed by atoms with Gasteiger partial charge < -0.3 is 19.9 Å². The number of carbonyl (C=O) groups is 2. The number of nitrogens with zero attached hydrogens (tertiary/aromatic N) is 3. The van der Waals surface area contributed by atoms with Crippen molar-refractivity contribution in [3.05, 3.63) is 39.9 Å². The average molecular weight is 421 g/mol. The molecule has 2 atom stereocenters. The summed E-state index contributed by atoms with van der Waals surface area (Å²) in [6, 6.07) is 5.73. The van der Waals surface area contributed by atoms with Crippen LogP contribution >= 0.6 is 0 Å². The van der Waals surface area contributed by atoms with E-state index in [1.54, 1.807) is 32.9 Å². The van der Waals surface area contributed by atoms with Crippen molar-refractivity contribution >= 4 is 17.7 Å². The normalized spacial score (nSPS) is 17.2. The van der Waals surface area contributed by atoms with Gasteiger partial charge in [0.25, 0.3) is 5.69 Å². The lowest BCUT2D eigenvalue weighted by molar-refractivity contribution is -0.384. The average Bonchev–Trinajstić information content (AvgIpc) is 2.64. The first-order valence-electron chi connectivity index (χ1n) is 10.2. The van der Waals surface area contributed by atoms with Crippen molar-refractivity contribution in [2.45, 2.75) is 51.7 Å². The summed E-state index contributed by atoms with van der Waals surface area (Å²) in [6.07, 6.45) is -0.368. The van der Waals surface area contributed by atoms with Gasteiger partial charge in [-0.05, 0) is 40.3 Å². The Bertz CT molecular complexity index is 752. The molecular formula is C21H32N4O5. The molecule has 0 aliphatic carbocycles. The Kier molecular flexibility index (Phi) is 7.77. The number of nitro benzene ring substituents is 1. The second-order valence-electron chi connectivity index (χ2n) is 8.78. The molecule has 9 nitrogen and oxygen atoms in total. The standard InChI is InChI=1S/C21H32N4O5/c1-15(22-20(27)30-21(2,3)4)18(16-6-8-17(9-7-16)25(28)29)14-19(26)24-12-10-23(5)11-13-24/h6-9,15,18H,10-14H2,1-5H3,(H,22,27)/t15-,18-/m1/s1. The molecule has 1 aromatic carbocycles. The van der Waals surface area contributed by atoms with Gasteiger partial charge in [0.2, 0.25) is 5.91 Å². The van der Waals surface area contributed by atoms with Gasteiger partial charge in [-0.2, -0.15) is 0 Å². The summed E-state index contributed by atoms with van der Waals surface area (Å²) >= 11 is 0. The lowest BCUT2D eigenvalue weighted by Gasteiger charge is -2.34. The topological polar surface area (TPSA) is 105 Å². The number of amides is 2. The van der Waals surface area contributed by atoms with Gasteiger partial charge in [-0.15, -0.1) is 0 Å². The molecule has 0 aromatic heterocycles. The van der Waals surface area contributed by atoms with E-state index in [2.05, 4.69) is 10.2 Å². The van der Waals surface area contributed by atoms with E-state index >= 15 is 0 Å². The van der Waals surface area contributed by atoms with Crippen molar-refractivity contribution in [1.29, 1.82) is 0 Å². The number of likely N-dealkylation sites (N-methyl/N-ethyl adjacent to an activating group) is 1. The molecule has 1 aliphatic heterocycles. The molecule has 2 amide bonds. The van der Waals surface area contributed by atoms with E-state index < -0.39 is 22.7 Å². The Hall–Kier alpha value is -2.68. The fraction of sp³-hybridized carbons (Fsp3) is 0.619. The molecule has 0 saturated carbocycles. The minimum Gasteiger partial charge on any atom is -0.444 e. The maximum absolute atomic E-state index is 12.9. The quantitative estimate of drug-likeness (QED) is 0.560. The number of ether oxygens (including phenoxy) is 1. The number of hydrogen-bond acceptors (Lipinski definition) is 6. The fourth-order valence-corrected chi connectivity index (χ4v) is 3.39. The van der Waals surface area contributed by atoms with E-state index in [0.717, 1.165) is 18.7 Å². The smallest absolute Gasteiger partial charge is 0.407 e. The van der Waals surface area contributed by atoms with Crippen molar-refractivity contribution in [2.24, 2.45) is 0 Å². The first-order valence-corrected chi connectivity index (χ1v) is 10.2. The summed E-state index contributed by atoms with van der Waals surface area (Å²) in [5, 5.41) is 13.8. The van der Waals surface area contributed by atoms with Gasteiger partial charge >= 0.3 is 6.09 Å². The predicted molar refractivity (Wildman–Crippen MR) is 113 cm³/mol. The van der Waals surface area contributed by atoms with Gasteiger partial charge in [0.15, 0.2) is 0 Å². The van der Waals surface area contributed by atoms with Crippen LogP contribution in [0.1, 0.15) is 45.6 Å². The minimum absolute atomic E-state index is 0.00397. The highest BCUT2D eigenvalue weighted by Crippen LogP contribution is 2.27. The number of carbonyl (C=O) groups excluding carboxylic acids is 2. The zero-order chi connectivity index (χ0) is 22.5. The van der Waals surface area contributed by atoms with Crippen LogP contribution in [0.25, 0.3) is 0 Å². The van der Waals surface area contributed by atoms with E-state index in [0.29, 0.717) is 13.1 Å². The number of non-ortho nitro benzene ring substituents is 1. The van der Waals surface area contributed by atoms with Crippen molar-refractivity contribution in [1.82, 2.24) is 15.1 Å². The van der Waals surface area contributed by atoms with E-state index in [9.17, 15) is 19.7 Å². The molecule has 1 saturated heterocycles. The monoisotopic (exact) mass is 420 g/mol. The molecule has 0 unspecified atom stereocenters. The van der Waals surface area contributed by atoms with Crippen molar-refractivity contribution in [3.8, 4) is 0 Å². The Labute approximate surface area is 177 Å². The van der Waals surface area contributed by atoms with Gasteiger partial charge in [0.05, 0.1) is 4.92 Å². The van der Waals surface area contributed by atoms with Crippen LogP contribution in [0.5, 0.6) is 0 Å². The zero-order valence-corrected chi connectivity index (χ0v) is 18.4. The fourth-order valence-electron chi connectivity index (χ4n) is 3.39. The Morgan fingerprint density at radius 2 is 1.73 bits per heavy atom. The van der Waals surface area contributed by atoms with Crippen molar-refractivity contribution < 1.29 is 19.2 Å². The highest BCUT2D eigenvalue weighted by Gasteiger charge is 2.29. The molecule has 1 N–H and O–H groups in total. The molecule has 0 spiro atoms. The maximum Gasteiger partial charge on any atom is 0.407 e. The summed E-state index contributed by atoms with van der Waals surface area (Å²) in [5.74, 6) is -0.338. The first-order chi connectivity index (χ1) is 14.0. The van der Waals surface area contributed by atoms with Crippen LogP contribution in [-0.4, -0.2) is 71.6 Å². The molecule has 2 rings (SSSR count). The van der Waals surface area contributed by atoms with Crippen LogP contribution in [0.3, 0.4) is 0 Å². The molecule has 30 heavy (non-hydrogen) atoms. The molecule has 1 aromatic rings. The molecule has 166 valence electrons. The van der Waals surface area contributed by atoms with Crippen LogP contribution in [0.2, 0.25) is 0 Å². The molecule has 0 radical (unpaired) electrons. The molecular weight excluding hydrogens is 388 g/mol. The summed E-state index contributed by atoms with van der Waals surface area (Å²) in [7, 11) is 2.02. The van der Waals surface area contributed by atoms with Crippen molar-refractivity contribution in [3.63, 3.8) is 0 Å². The van der Waals surface area contributed by atoms with E-state index in [-0.39, 0.29) is 23.9 Å². The number of rotatable bonds is 6. The summed E-state index contributed by atoms with van der Waals surface area (Å²) in [4.78, 5) is 39.7. The minimum atomic E-state index is -0.637. The third-order valence-electron chi connectivity index (χ3n) is 5.13. The molecule has 9 heteroatoms. The summed E-state index contributed by atoms with van der Waals surface area (Å²) in [6.45, 7) is 10.1. The number of nitrogens with one attached hydrogen (secondary N) is 1. The van der Waals surface area contributed by atoms with Crippen LogP contribution in [-0.2, 0) is 9.53 Å². The van der Waals surface area contributed by atoms with Crippen LogP contribution in [0.15, 0.2) is 24.3 Å². The zero-order valence-electron chi connectivity index (χ0n) is 18.4. The SMILES string of the molecule is C[C@@H](NC(=O)OC(C)(C)C)[C@@H](CC(=O)N1CCN(C)CC1)c1ccc([N+](=O)[O-])cc1. The number of alkyl carbamates (subject to hydrolysis) is 1. The summed E-state index contributed by atoms with van der Waals surface area (Å²) in [5.41, 5.74) is 0.102.